The maximum absolute atomic E-state index is 11.6. The summed E-state index contributed by atoms with van der Waals surface area (Å²) in [6.07, 6.45) is 0. The molecular formula is C10H14N2O2. The molecule has 0 radical (unpaired) electrons. The van der Waals surface area contributed by atoms with Crippen LogP contribution in [0.15, 0.2) is 10.9 Å². The standard InChI is InChI=1S/C10H14N2O2/c1-6-5-9(11-8(3)13)10(14)12(4)7(6)2/h5H,1-4H3,(H,11,13). The molecule has 0 aliphatic rings. The van der Waals surface area contributed by atoms with Crippen LogP contribution in [0.5, 0.6) is 0 Å². The lowest BCUT2D eigenvalue weighted by Gasteiger charge is -2.10. The summed E-state index contributed by atoms with van der Waals surface area (Å²) in [5, 5.41) is 2.51. The Hall–Kier alpha value is -1.58. The van der Waals surface area contributed by atoms with Crippen LogP contribution in [0.3, 0.4) is 0 Å². The first-order chi connectivity index (χ1) is 6.43. The number of nitrogens with one attached hydrogen (secondary N) is 1. The maximum atomic E-state index is 11.6. The first-order valence-electron chi connectivity index (χ1n) is 4.38. The third kappa shape index (κ3) is 1.84. The predicted octanol–water partition coefficient (Wildman–Crippen LogP) is 0.961. The van der Waals surface area contributed by atoms with E-state index < -0.39 is 0 Å². The molecule has 0 saturated heterocycles. The van der Waals surface area contributed by atoms with Crippen LogP contribution in [0, 0.1) is 13.8 Å². The zero-order chi connectivity index (χ0) is 10.9. The molecule has 0 atom stereocenters. The molecule has 0 aliphatic heterocycles. The molecule has 4 heteroatoms. The number of anilines is 1. The normalized spacial score (nSPS) is 10.0. The molecule has 0 fully saturated rings. The largest absolute Gasteiger partial charge is 0.322 e. The van der Waals surface area contributed by atoms with Crippen molar-refractivity contribution in [1.82, 2.24) is 4.57 Å². The minimum Gasteiger partial charge on any atom is -0.322 e. The van der Waals surface area contributed by atoms with Gasteiger partial charge in [-0.25, -0.2) is 0 Å². The van der Waals surface area contributed by atoms with Gasteiger partial charge in [-0.1, -0.05) is 0 Å². The van der Waals surface area contributed by atoms with Gasteiger partial charge in [-0.15, -0.1) is 0 Å². The Morgan fingerprint density at radius 1 is 1.43 bits per heavy atom. The summed E-state index contributed by atoms with van der Waals surface area (Å²) < 4.78 is 1.53. The number of aromatic nitrogens is 1. The molecule has 1 N–H and O–H groups in total. The van der Waals surface area contributed by atoms with Crippen LogP contribution in [0.2, 0.25) is 0 Å². The van der Waals surface area contributed by atoms with Gasteiger partial charge in [0.1, 0.15) is 5.69 Å². The number of nitrogens with zero attached hydrogens (tertiary/aromatic N) is 1. The highest BCUT2D eigenvalue weighted by Crippen LogP contribution is 2.08. The van der Waals surface area contributed by atoms with E-state index in [-0.39, 0.29) is 11.5 Å². The van der Waals surface area contributed by atoms with Gasteiger partial charge in [0.15, 0.2) is 0 Å². The van der Waals surface area contributed by atoms with Crippen LogP contribution in [0.25, 0.3) is 0 Å². The van der Waals surface area contributed by atoms with Gasteiger partial charge in [0, 0.05) is 19.7 Å². The Morgan fingerprint density at radius 2 is 2.00 bits per heavy atom. The number of aryl methyl sites for hydroxylation is 1. The van der Waals surface area contributed by atoms with Crippen LogP contribution >= 0.6 is 0 Å². The van der Waals surface area contributed by atoms with Crippen LogP contribution in [0.4, 0.5) is 5.69 Å². The van der Waals surface area contributed by atoms with E-state index in [9.17, 15) is 9.59 Å². The molecule has 0 saturated carbocycles. The third-order valence-corrected chi connectivity index (χ3v) is 2.28. The highest BCUT2D eigenvalue weighted by atomic mass is 16.2. The predicted molar refractivity (Wildman–Crippen MR) is 55.5 cm³/mol. The van der Waals surface area contributed by atoms with Crippen molar-refractivity contribution in [3.05, 3.63) is 27.7 Å². The number of amides is 1. The molecule has 0 spiro atoms. The van der Waals surface area contributed by atoms with Gasteiger partial charge in [-0.05, 0) is 25.5 Å². The second-order valence-corrected chi connectivity index (χ2v) is 3.37. The van der Waals surface area contributed by atoms with E-state index >= 15 is 0 Å². The highest BCUT2D eigenvalue weighted by Gasteiger charge is 2.07. The van der Waals surface area contributed by atoms with Crippen LogP contribution < -0.4 is 10.9 Å². The van der Waals surface area contributed by atoms with Crippen molar-refractivity contribution in [3.8, 4) is 0 Å². The lowest BCUT2D eigenvalue weighted by molar-refractivity contribution is -0.114. The smallest absolute Gasteiger partial charge is 0.274 e. The number of carbonyl (C=O) groups excluding carboxylic acids is 1. The molecule has 0 unspecified atom stereocenters. The van der Waals surface area contributed by atoms with Crippen molar-refractivity contribution in [1.29, 1.82) is 0 Å². The minimum atomic E-state index is -0.231. The van der Waals surface area contributed by atoms with Gasteiger partial charge >= 0.3 is 0 Å². The number of hydrogen-bond acceptors (Lipinski definition) is 2. The van der Waals surface area contributed by atoms with Crippen molar-refractivity contribution < 1.29 is 4.79 Å². The van der Waals surface area contributed by atoms with Gasteiger partial charge in [0.25, 0.3) is 5.56 Å². The Bertz CT molecular complexity index is 432. The molecule has 0 aliphatic carbocycles. The molecule has 1 aromatic rings. The molecule has 1 heterocycles. The first-order valence-corrected chi connectivity index (χ1v) is 4.38. The van der Waals surface area contributed by atoms with E-state index in [1.807, 2.05) is 13.8 Å². The average Bonchev–Trinajstić information content (AvgIpc) is 2.10. The molecular weight excluding hydrogens is 180 g/mol. The van der Waals surface area contributed by atoms with Crippen LogP contribution in [-0.2, 0) is 11.8 Å². The Balaban J connectivity index is 3.33. The molecule has 1 aromatic heterocycles. The lowest BCUT2D eigenvalue weighted by Crippen LogP contribution is -2.25. The molecule has 76 valence electrons. The summed E-state index contributed by atoms with van der Waals surface area (Å²) in [5.41, 5.74) is 2.05. The van der Waals surface area contributed by atoms with Gasteiger partial charge in [-0.2, -0.15) is 0 Å². The van der Waals surface area contributed by atoms with E-state index in [0.717, 1.165) is 11.3 Å². The maximum Gasteiger partial charge on any atom is 0.274 e. The first kappa shape index (κ1) is 10.5. The van der Waals surface area contributed by atoms with Crippen molar-refractivity contribution in [2.24, 2.45) is 7.05 Å². The zero-order valence-electron chi connectivity index (χ0n) is 8.84. The topological polar surface area (TPSA) is 51.1 Å². The second kappa shape index (κ2) is 3.65. The third-order valence-electron chi connectivity index (χ3n) is 2.28. The molecule has 1 amide bonds. The monoisotopic (exact) mass is 194 g/mol. The van der Waals surface area contributed by atoms with Crippen molar-refractivity contribution >= 4 is 11.6 Å². The molecule has 1 rings (SSSR count). The molecule has 14 heavy (non-hydrogen) atoms. The Labute approximate surface area is 82.6 Å². The van der Waals surface area contributed by atoms with Gasteiger partial charge < -0.3 is 9.88 Å². The molecule has 0 aromatic carbocycles. The number of pyridine rings is 1. The van der Waals surface area contributed by atoms with E-state index in [0.29, 0.717) is 5.69 Å². The average molecular weight is 194 g/mol. The summed E-state index contributed by atoms with van der Waals surface area (Å²) in [6, 6.07) is 1.69. The Kier molecular flexibility index (Phi) is 2.74. The fourth-order valence-corrected chi connectivity index (χ4v) is 1.26. The fraction of sp³-hybridized carbons (Fsp3) is 0.400. The summed E-state index contributed by atoms with van der Waals surface area (Å²) in [5.74, 6) is -0.231. The zero-order valence-corrected chi connectivity index (χ0v) is 8.84. The Morgan fingerprint density at radius 3 is 2.50 bits per heavy atom. The van der Waals surface area contributed by atoms with E-state index in [2.05, 4.69) is 5.32 Å². The van der Waals surface area contributed by atoms with Gasteiger partial charge in [0.2, 0.25) is 5.91 Å². The second-order valence-electron chi connectivity index (χ2n) is 3.37. The number of hydrogen-bond donors (Lipinski definition) is 1. The van der Waals surface area contributed by atoms with Crippen molar-refractivity contribution in [2.75, 3.05) is 5.32 Å². The number of carbonyl (C=O) groups is 1. The van der Waals surface area contributed by atoms with E-state index in [4.69, 9.17) is 0 Å². The van der Waals surface area contributed by atoms with E-state index in [1.165, 1.54) is 11.5 Å². The van der Waals surface area contributed by atoms with Gasteiger partial charge in [-0.3, -0.25) is 9.59 Å². The lowest BCUT2D eigenvalue weighted by atomic mass is 10.2. The SMILES string of the molecule is CC(=O)Nc1cc(C)c(C)n(C)c1=O. The van der Waals surface area contributed by atoms with Crippen molar-refractivity contribution in [3.63, 3.8) is 0 Å². The van der Waals surface area contributed by atoms with Gasteiger partial charge in [0.05, 0.1) is 0 Å². The summed E-state index contributed by atoms with van der Waals surface area (Å²) >= 11 is 0. The summed E-state index contributed by atoms with van der Waals surface area (Å²) in [4.78, 5) is 22.4. The molecule has 4 nitrogen and oxygen atoms in total. The quantitative estimate of drug-likeness (QED) is 0.724. The number of rotatable bonds is 1. The molecule has 0 bridgehead atoms. The minimum absolute atomic E-state index is 0.177. The van der Waals surface area contributed by atoms with Crippen molar-refractivity contribution in [2.45, 2.75) is 20.8 Å². The summed E-state index contributed by atoms with van der Waals surface area (Å²) in [7, 11) is 1.69. The fourth-order valence-electron chi connectivity index (χ4n) is 1.26. The highest BCUT2D eigenvalue weighted by molar-refractivity contribution is 5.88. The van der Waals surface area contributed by atoms with E-state index in [1.54, 1.807) is 13.1 Å². The van der Waals surface area contributed by atoms with Crippen LogP contribution in [-0.4, -0.2) is 10.5 Å². The van der Waals surface area contributed by atoms with Crippen LogP contribution in [0.1, 0.15) is 18.2 Å². The summed E-state index contributed by atoms with van der Waals surface area (Å²) in [6.45, 7) is 5.16.